The Kier molecular flexibility index (Phi) is 5.34. The van der Waals surface area contributed by atoms with Gasteiger partial charge in [-0.05, 0) is 25.7 Å². The van der Waals surface area contributed by atoms with E-state index >= 15 is 0 Å². The van der Waals surface area contributed by atoms with E-state index in [4.69, 9.17) is 0 Å². The molecule has 0 aromatic rings. The largest absolute Gasteiger partial charge is 0.411 e. The minimum absolute atomic E-state index is 0.589. The molecular formula is C15H27NO. The molecule has 0 amide bonds. The summed E-state index contributed by atoms with van der Waals surface area (Å²) >= 11 is 0. The molecule has 0 spiro atoms. The van der Waals surface area contributed by atoms with Crippen molar-refractivity contribution in [1.82, 2.24) is 0 Å². The van der Waals surface area contributed by atoms with E-state index in [2.05, 4.69) is 5.16 Å². The molecular weight excluding hydrogens is 210 g/mol. The maximum absolute atomic E-state index is 9.40. The summed E-state index contributed by atoms with van der Waals surface area (Å²) in [7, 11) is 0. The summed E-state index contributed by atoms with van der Waals surface area (Å²) in [4.78, 5) is 0. The average molecular weight is 237 g/mol. The summed E-state index contributed by atoms with van der Waals surface area (Å²) in [5, 5.41) is 13.1. The molecule has 0 atom stereocenters. The van der Waals surface area contributed by atoms with Gasteiger partial charge in [0.05, 0.1) is 5.71 Å². The van der Waals surface area contributed by atoms with Crippen LogP contribution in [-0.4, -0.2) is 10.9 Å². The first-order valence-corrected chi connectivity index (χ1v) is 7.63. The zero-order valence-electron chi connectivity index (χ0n) is 11.0. The van der Waals surface area contributed by atoms with Crippen molar-refractivity contribution in [3.63, 3.8) is 0 Å². The van der Waals surface area contributed by atoms with Crippen LogP contribution in [-0.2, 0) is 0 Å². The minimum atomic E-state index is 0.589. The topological polar surface area (TPSA) is 32.6 Å². The predicted molar refractivity (Wildman–Crippen MR) is 71.6 cm³/mol. The van der Waals surface area contributed by atoms with E-state index in [-0.39, 0.29) is 0 Å². The third-order valence-electron chi connectivity index (χ3n) is 4.66. The van der Waals surface area contributed by atoms with Crippen molar-refractivity contribution >= 4 is 5.71 Å². The Bertz CT molecular complexity index is 211. The maximum Gasteiger partial charge on any atom is 0.0632 e. The van der Waals surface area contributed by atoms with E-state index in [1.165, 1.54) is 77.0 Å². The van der Waals surface area contributed by atoms with E-state index in [1.54, 1.807) is 0 Å². The molecule has 2 aliphatic rings. The van der Waals surface area contributed by atoms with E-state index in [9.17, 15) is 5.21 Å². The van der Waals surface area contributed by atoms with Gasteiger partial charge in [0.25, 0.3) is 0 Å². The molecule has 2 heteroatoms. The molecule has 0 aliphatic heterocycles. The third-order valence-corrected chi connectivity index (χ3v) is 4.66. The fourth-order valence-corrected chi connectivity index (χ4v) is 3.65. The van der Waals surface area contributed by atoms with Crippen LogP contribution >= 0.6 is 0 Å². The Morgan fingerprint density at radius 3 is 1.29 bits per heavy atom. The van der Waals surface area contributed by atoms with Gasteiger partial charge in [-0.2, -0.15) is 0 Å². The van der Waals surface area contributed by atoms with E-state index < -0.39 is 0 Å². The van der Waals surface area contributed by atoms with Gasteiger partial charge in [-0.1, -0.05) is 56.5 Å². The molecule has 2 nitrogen and oxygen atoms in total. The molecule has 0 heterocycles. The molecule has 2 aliphatic carbocycles. The molecule has 2 saturated carbocycles. The van der Waals surface area contributed by atoms with E-state index in [0.29, 0.717) is 11.8 Å². The number of hydrogen-bond donors (Lipinski definition) is 1. The highest BCUT2D eigenvalue weighted by Crippen LogP contribution is 2.32. The highest BCUT2D eigenvalue weighted by Gasteiger charge is 2.26. The summed E-state index contributed by atoms with van der Waals surface area (Å²) in [5.74, 6) is 1.18. The van der Waals surface area contributed by atoms with Crippen LogP contribution in [0.2, 0.25) is 0 Å². The first-order valence-electron chi connectivity index (χ1n) is 7.63. The molecule has 0 saturated heterocycles. The quantitative estimate of drug-likeness (QED) is 0.319. The van der Waals surface area contributed by atoms with E-state index in [1.807, 2.05) is 0 Å². The predicted octanol–water partition coefficient (Wildman–Crippen LogP) is 4.76. The second-order valence-electron chi connectivity index (χ2n) is 5.90. The van der Waals surface area contributed by atoms with E-state index in [0.717, 1.165) is 5.71 Å². The lowest BCUT2D eigenvalue weighted by Gasteiger charge is -2.23. The van der Waals surface area contributed by atoms with Gasteiger partial charge in [0.1, 0.15) is 0 Å². The fourth-order valence-electron chi connectivity index (χ4n) is 3.65. The van der Waals surface area contributed by atoms with Crippen LogP contribution in [0.1, 0.15) is 77.0 Å². The van der Waals surface area contributed by atoms with Gasteiger partial charge in [-0.15, -0.1) is 0 Å². The summed E-state index contributed by atoms with van der Waals surface area (Å²) in [6, 6.07) is 0. The second kappa shape index (κ2) is 7.03. The number of hydrogen-bond acceptors (Lipinski definition) is 2. The van der Waals surface area contributed by atoms with Crippen LogP contribution in [0.15, 0.2) is 5.16 Å². The number of oxime groups is 1. The fraction of sp³-hybridized carbons (Fsp3) is 0.933. The van der Waals surface area contributed by atoms with Gasteiger partial charge in [0.2, 0.25) is 0 Å². The van der Waals surface area contributed by atoms with Crippen LogP contribution < -0.4 is 0 Å². The molecule has 0 radical (unpaired) electrons. The molecule has 17 heavy (non-hydrogen) atoms. The number of nitrogens with zero attached hydrogens (tertiary/aromatic N) is 1. The molecule has 98 valence electrons. The van der Waals surface area contributed by atoms with Crippen molar-refractivity contribution in [2.45, 2.75) is 77.0 Å². The summed E-state index contributed by atoms with van der Waals surface area (Å²) in [6.45, 7) is 0. The lowest BCUT2D eigenvalue weighted by molar-refractivity contribution is 0.305. The highest BCUT2D eigenvalue weighted by atomic mass is 16.4. The lowest BCUT2D eigenvalue weighted by Crippen LogP contribution is -2.23. The maximum atomic E-state index is 9.40. The van der Waals surface area contributed by atoms with Gasteiger partial charge >= 0.3 is 0 Å². The van der Waals surface area contributed by atoms with Crippen molar-refractivity contribution in [2.75, 3.05) is 0 Å². The van der Waals surface area contributed by atoms with Crippen molar-refractivity contribution in [3.05, 3.63) is 0 Å². The van der Waals surface area contributed by atoms with Gasteiger partial charge in [-0.25, -0.2) is 0 Å². The monoisotopic (exact) mass is 237 g/mol. The van der Waals surface area contributed by atoms with Crippen molar-refractivity contribution in [2.24, 2.45) is 17.0 Å². The average Bonchev–Trinajstić information content (AvgIpc) is 2.75. The summed E-state index contributed by atoms with van der Waals surface area (Å²) < 4.78 is 0. The van der Waals surface area contributed by atoms with Crippen molar-refractivity contribution in [1.29, 1.82) is 0 Å². The molecule has 0 aromatic carbocycles. The third kappa shape index (κ3) is 3.72. The van der Waals surface area contributed by atoms with Gasteiger partial charge in [-0.3, -0.25) is 0 Å². The van der Waals surface area contributed by atoms with Crippen molar-refractivity contribution in [3.8, 4) is 0 Å². The Hall–Kier alpha value is -0.530. The molecule has 2 fully saturated rings. The Labute approximate surface area is 105 Å². The lowest BCUT2D eigenvalue weighted by atomic mass is 9.83. The van der Waals surface area contributed by atoms with Gasteiger partial charge < -0.3 is 5.21 Å². The highest BCUT2D eigenvalue weighted by molar-refractivity contribution is 5.88. The molecule has 1 N–H and O–H groups in total. The molecule has 0 bridgehead atoms. The SMILES string of the molecule is ON=C(C1CCCCCC1)C1CCCCCC1. The normalized spacial score (nSPS) is 24.9. The van der Waals surface area contributed by atoms with Crippen LogP contribution in [0.3, 0.4) is 0 Å². The Morgan fingerprint density at radius 1 is 0.647 bits per heavy atom. The second-order valence-corrected chi connectivity index (χ2v) is 5.90. The first kappa shape index (κ1) is 12.9. The van der Waals surface area contributed by atoms with Crippen LogP contribution in [0.5, 0.6) is 0 Å². The van der Waals surface area contributed by atoms with Crippen molar-refractivity contribution < 1.29 is 5.21 Å². The summed E-state index contributed by atoms with van der Waals surface area (Å²) in [6.07, 6.45) is 15.9. The first-order chi connectivity index (χ1) is 8.42. The van der Waals surface area contributed by atoms with Crippen LogP contribution in [0.4, 0.5) is 0 Å². The minimum Gasteiger partial charge on any atom is -0.411 e. The van der Waals surface area contributed by atoms with Crippen LogP contribution in [0, 0.1) is 11.8 Å². The van der Waals surface area contributed by atoms with Crippen LogP contribution in [0.25, 0.3) is 0 Å². The van der Waals surface area contributed by atoms with Gasteiger partial charge in [0.15, 0.2) is 0 Å². The smallest absolute Gasteiger partial charge is 0.0632 e. The Morgan fingerprint density at radius 2 is 1.00 bits per heavy atom. The standard InChI is InChI=1S/C15H27NO/c17-16-15(13-9-5-1-2-6-10-13)14-11-7-3-4-8-12-14/h13-14,17H,1-12H2. The van der Waals surface area contributed by atoms with Gasteiger partial charge in [0, 0.05) is 11.8 Å². The Balaban J connectivity index is 1.98. The summed E-state index contributed by atoms with van der Waals surface area (Å²) in [5.41, 5.74) is 1.16. The zero-order chi connectivity index (χ0) is 11.9. The number of rotatable bonds is 2. The molecule has 0 aromatic heterocycles. The molecule has 2 rings (SSSR count). The molecule has 0 unspecified atom stereocenters. The zero-order valence-corrected chi connectivity index (χ0v) is 11.0.